The highest BCUT2D eigenvalue weighted by molar-refractivity contribution is 8.03. The smallest absolute Gasteiger partial charge is 0.101 e. The monoisotopic (exact) mass is 353 g/mol. The van der Waals surface area contributed by atoms with Crippen molar-refractivity contribution in [3.63, 3.8) is 0 Å². The Hall–Kier alpha value is -0.170. The fraction of sp³-hybridized carbons (Fsp3) is 0.824. The van der Waals surface area contributed by atoms with Crippen LogP contribution in [-0.4, -0.2) is 55.4 Å². The molecule has 128 valence electrons. The minimum absolute atomic E-state index is 0.347. The van der Waals surface area contributed by atoms with E-state index in [2.05, 4.69) is 39.2 Å². The van der Waals surface area contributed by atoms with Crippen molar-refractivity contribution in [2.24, 2.45) is 5.92 Å². The van der Waals surface area contributed by atoms with Gasteiger partial charge in [0.15, 0.2) is 0 Å². The van der Waals surface area contributed by atoms with Crippen molar-refractivity contribution in [1.29, 1.82) is 0 Å². The van der Waals surface area contributed by atoms with E-state index in [0.29, 0.717) is 12.0 Å². The van der Waals surface area contributed by atoms with Gasteiger partial charge in [-0.1, -0.05) is 6.42 Å². The van der Waals surface area contributed by atoms with Crippen LogP contribution in [0, 0.1) is 5.92 Å². The molecule has 2 aliphatic heterocycles. The Bertz CT molecular complexity index is 524. The highest BCUT2D eigenvalue weighted by Crippen LogP contribution is 2.37. The van der Waals surface area contributed by atoms with Crippen molar-refractivity contribution < 1.29 is 5.11 Å². The highest BCUT2D eigenvalue weighted by Gasteiger charge is 2.30. The first-order chi connectivity index (χ1) is 11.3. The number of rotatable bonds is 3. The van der Waals surface area contributed by atoms with E-state index >= 15 is 0 Å². The third-order valence-corrected chi connectivity index (χ3v) is 7.96. The summed E-state index contributed by atoms with van der Waals surface area (Å²) in [7, 11) is 0. The summed E-state index contributed by atoms with van der Waals surface area (Å²) in [5, 5.41) is 15.3. The van der Waals surface area contributed by atoms with E-state index in [1.807, 2.05) is 0 Å². The van der Waals surface area contributed by atoms with Gasteiger partial charge in [-0.3, -0.25) is 9.58 Å². The van der Waals surface area contributed by atoms with Crippen LogP contribution in [0.25, 0.3) is 0 Å². The molecule has 0 amide bonds. The van der Waals surface area contributed by atoms with Crippen molar-refractivity contribution in [3.05, 3.63) is 17.5 Å². The predicted molar refractivity (Wildman–Crippen MR) is 98.0 cm³/mol. The Balaban J connectivity index is 1.48. The molecule has 4 rings (SSSR count). The van der Waals surface area contributed by atoms with Crippen LogP contribution in [0.2, 0.25) is 0 Å². The zero-order valence-electron chi connectivity index (χ0n) is 13.7. The fourth-order valence-electron chi connectivity index (χ4n) is 3.78. The Labute approximate surface area is 147 Å². The first-order valence-corrected chi connectivity index (χ1v) is 11.3. The van der Waals surface area contributed by atoms with Gasteiger partial charge < -0.3 is 5.11 Å². The maximum atomic E-state index is 10.5. The van der Waals surface area contributed by atoms with Crippen LogP contribution in [0.1, 0.15) is 43.2 Å². The lowest BCUT2D eigenvalue weighted by molar-refractivity contribution is 0.0580. The zero-order valence-corrected chi connectivity index (χ0v) is 15.3. The maximum Gasteiger partial charge on any atom is 0.101 e. The molecule has 3 heterocycles. The molecule has 2 fully saturated rings. The maximum absolute atomic E-state index is 10.5. The van der Waals surface area contributed by atoms with Crippen LogP contribution in [0.4, 0.5) is 0 Å². The number of fused-ring (bicyclic) bond motifs is 1. The second-order valence-electron chi connectivity index (χ2n) is 7.05. The predicted octanol–water partition coefficient (Wildman–Crippen LogP) is 2.77. The lowest BCUT2D eigenvalue weighted by atomic mass is 9.80. The molecule has 0 bridgehead atoms. The summed E-state index contributed by atoms with van der Waals surface area (Å²) in [6, 6.07) is 2.87. The molecule has 0 spiro atoms. The molecule has 6 heteroatoms. The number of aliphatic hydroxyl groups is 1. The average molecular weight is 354 g/mol. The highest BCUT2D eigenvalue weighted by atomic mass is 32.2. The SMILES string of the molecule is OC(c1cc2n(n1)CCCN(C1CSCCSC1)C2)C1CCC1. The van der Waals surface area contributed by atoms with Crippen LogP contribution < -0.4 is 0 Å². The summed E-state index contributed by atoms with van der Waals surface area (Å²) < 4.78 is 2.16. The minimum Gasteiger partial charge on any atom is -0.386 e. The molecule has 23 heavy (non-hydrogen) atoms. The molecule has 1 aliphatic carbocycles. The van der Waals surface area contributed by atoms with E-state index < -0.39 is 0 Å². The van der Waals surface area contributed by atoms with Gasteiger partial charge in [0.2, 0.25) is 0 Å². The molecule has 4 nitrogen and oxygen atoms in total. The number of nitrogens with zero attached hydrogens (tertiary/aromatic N) is 3. The molecule has 1 aromatic rings. The number of thioether (sulfide) groups is 2. The third-order valence-electron chi connectivity index (χ3n) is 5.47. The molecule has 1 saturated carbocycles. The van der Waals surface area contributed by atoms with Crippen molar-refractivity contribution in [2.45, 2.75) is 50.9 Å². The molecule has 0 aromatic carbocycles. The fourth-order valence-corrected chi connectivity index (χ4v) is 6.40. The summed E-state index contributed by atoms with van der Waals surface area (Å²) in [6.45, 7) is 3.17. The van der Waals surface area contributed by atoms with Gasteiger partial charge in [-0.25, -0.2) is 0 Å². The third kappa shape index (κ3) is 3.60. The Morgan fingerprint density at radius 2 is 1.91 bits per heavy atom. The lowest BCUT2D eigenvalue weighted by Crippen LogP contribution is -2.38. The van der Waals surface area contributed by atoms with Crippen molar-refractivity contribution >= 4 is 23.5 Å². The van der Waals surface area contributed by atoms with E-state index in [1.54, 1.807) is 0 Å². The van der Waals surface area contributed by atoms with Crippen molar-refractivity contribution in [1.82, 2.24) is 14.7 Å². The van der Waals surface area contributed by atoms with Crippen LogP contribution in [0.5, 0.6) is 0 Å². The van der Waals surface area contributed by atoms with Gasteiger partial charge in [0.1, 0.15) is 6.10 Å². The summed E-state index contributed by atoms with van der Waals surface area (Å²) in [5.41, 5.74) is 2.21. The van der Waals surface area contributed by atoms with Crippen molar-refractivity contribution in [2.75, 3.05) is 29.6 Å². The molecule has 1 saturated heterocycles. The summed E-state index contributed by atoms with van der Waals surface area (Å²) in [6.07, 6.45) is 4.40. The van der Waals surface area contributed by atoms with Crippen LogP contribution >= 0.6 is 23.5 Å². The van der Waals surface area contributed by atoms with Gasteiger partial charge in [0.25, 0.3) is 0 Å². The molecule has 0 radical (unpaired) electrons. The summed E-state index contributed by atoms with van der Waals surface area (Å²) in [4.78, 5) is 2.66. The quantitative estimate of drug-likeness (QED) is 0.905. The van der Waals surface area contributed by atoms with Crippen molar-refractivity contribution in [3.8, 4) is 0 Å². The van der Waals surface area contributed by atoms with Gasteiger partial charge in [-0.2, -0.15) is 28.6 Å². The topological polar surface area (TPSA) is 41.3 Å². The van der Waals surface area contributed by atoms with E-state index in [-0.39, 0.29) is 6.10 Å². The summed E-state index contributed by atoms with van der Waals surface area (Å²) in [5.74, 6) is 5.56. The minimum atomic E-state index is -0.347. The lowest BCUT2D eigenvalue weighted by Gasteiger charge is -2.29. The van der Waals surface area contributed by atoms with E-state index in [9.17, 15) is 5.11 Å². The van der Waals surface area contributed by atoms with Crippen LogP contribution in [0.3, 0.4) is 0 Å². The second-order valence-corrected chi connectivity index (χ2v) is 9.35. The molecular formula is C17H27N3OS2. The first kappa shape index (κ1) is 16.3. The van der Waals surface area contributed by atoms with Gasteiger partial charge in [-0.15, -0.1) is 0 Å². The number of aromatic nitrogens is 2. The molecular weight excluding hydrogens is 326 g/mol. The first-order valence-electron chi connectivity index (χ1n) is 8.95. The van der Waals surface area contributed by atoms with Gasteiger partial charge in [0, 0.05) is 48.7 Å². The summed E-state index contributed by atoms with van der Waals surface area (Å²) >= 11 is 4.21. The Morgan fingerprint density at radius 1 is 1.13 bits per heavy atom. The standard InChI is InChI=1S/C17H27N3OS2/c21-17(13-3-1-4-13)16-9-14-10-19(5-2-6-20(14)18-16)15-11-22-7-8-23-12-15/h9,13,15,17,21H,1-8,10-12H2. The van der Waals surface area contributed by atoms with Crippen LogP contribution in [0.15, 0.2) is 6.07 Å². The number of aliphatic hydroxyl groups excluding tert-OH is 1. The van der Waals surface area contributed by atoms with E-state index in [0.717, 1.165) is 31.6 Å². The van der Waals surface area contributed by atoms with Crippen LogP contribution in [-0.2, 0) is 13.1 Å². The second kappa shape index (κ2) is 7.38. The Kier molecular flexibility index (Phi) is 5.23. The van der Waals surface area contributed by atoms with E-state index in [1.165, 1.54) is 48.1 Å². The largest absolute Gasteiger partial charge is 0.386 e. The molecule has 1 N–H and O–H groups in total. The van der Waals surface area contributed by atoms with Gasteiger partial charge >= 0.3 is 0 Å². The van der Waals surface area contributed by atoms with Gasteiger partial charge in [-0.05, 0) is 31.2 Å². The molecule has 1 atom stereocenters. The molecule has 1 aromatic heterocycles. The number of hydrogen-bond donors (Lipinski definition) is 1. The normalized spacial score (nSPS) is 26.1. The average Bonchev–Trinajstić information content (AvgIpc) is 2.69. The molecule has 1 unspecified atom stereocenters. The Morgan fingerprint density at radius 3 is 2.61 bits per heavy atom. The van der Waals surface area contributed by atoms with Gasteiger partial charge in [0.05, 0.1) is 11.4 Å². The number of aryl methyl sites for hydroxylation is 1. The molecule has 3 aliphatic rings. The zero-order chi connectivity index (χ0) is 15.6. The van der Waals surface area contributed by atoms with E-state index in [4.69, 9.17) is 5.10 Å². The number of hydrogen-bond acceptors (Lipinski definition) is 5.